The highest BCUT2D eigenvalue weighted by molar-refractivity contribution is 7.13. The molecule has 0 fully saturated rings. The molecule has 4 aromatic rings. The van der Waals surface area contributed by atoms with Crippen LogP contribution in [0.25, 0.3) is 27.6 Å². The Labute approximate surface area is 160 Å². The van der Waals surface area contributed by atoms with Crippen molar-refractivity contribution in [3.63, 3.8) is 0 Å². The van der Waals surface area contributed by atoms with Crippen LogP contribution >= 0.6 is 11.3 Å². The number of nitrogen functional groups attached to an aromatic ring is 1. The molecule has 0 aliphatic heterocycles. The summed E-state index contributed by atoms with van der Waals surface area (Å²) < 4.78 is 12.3. The third-order valence-corrected chi connectivity index (χ3v) is 4.94. The third kappa shape index (κ3) is 3.11. The monoisotopic (exact) mass is 379 g/mol. The number of nitrogens with zero attached hydrogens (tertiary/aromatic N) is 4. The number of thiazole rings is 1. The number of methoxy groups -OCH3 is 2. The molecule has 136 valence electrons. The fourth-order valence-corrected chi connectivity index (χ4v) is 3.53. The van der Waals surface area contributed by atoms with Crippen molar-refractivity contribution < 1.29 is 9.47 Å². The molecule has 0 saturated heterocycles. The first-order valence-electron chi connectivity index (χ1n) is 8.16. The predicted molar refractivity (Wildman–Crippen MR) is 105 cm³/mol. The lowest BCUT2D eigenvalue weighted by Gasteiger charge is -2.08. The van der Waals surface area contributed by atoms with Gasteiger partial charge in [-0.2, -0.15) is 4.68 Å². The fourth-order valence-electron chi connectivity index (χ4n) is 2.71. The van der Waals surface area contributed by atoms with E-state index in [1.165, 1.54) is 11.3 Å². The van der Waals surface area contributed by atoms with E-state index >= 15 is 0 Å². The van der Waals surface area contributed by atoms with E-state index in [2.05, 4.69) is 15.3 Å². The van der Waals surface area contributed by atoms with Crippen LogP contribution < -0.4 is 15.2 Å². The van der Waals surface area contributed by atoms with Gasteiger partial charge >= 0.3 is 0 Å². The SMILES string of the molecule is COc1ccc(-c2csc(-c3nnn(-c4ccccc4)c3N)n2)cc1OC. The highest BCUT2D eigenvalue weighted by Gasteiger charge is 2.17. The summed E-state index contributed by atoms with van der Waals surface area (Å²) in [5, 5.41) is 11.1. The molecule has 7 nitrogen and oxygen atoms in total. The normalized spacial score (nSPS) is 10.7. The zero-order valence-corrected chi connectivity index (χ0v) is 15.6. The van der Waals surface area contributed by atoms with Crippen molar-refractivity contribution in [2.75, 3.05) is 20.0 Å². The Kier molecular flexibility index (Phi) is 4.47. The molecule has 4 rings (SSSR count). The summed E-state index contributed by atoms with van der Waals surface area (Å²) in [6.07, 6.45) is 0. The standard InChI is InChI=1S/C19H17N5O2S/c1-25-15-9-8-12(10-16(15)26-2)14-11-27-19(21-14)17-18(20)24(23-22-17)13-6-4-3-5-7-13/h3-11H,20H2,1-2H3. The molecule has 0 aliphatic rings. The Morgan fingerprint density at radius 2 is 1.78 bits per heavy atom. The minimum absolute atomic E-state index is 0.453. The maximum Gasteiger partial charge on any atom is 0.165 e. The Hall–Kier alpha value is -3.39. The van der Waals surface area contributed by atoms with Crippen molar-refractivity contribution >= 4 is 17.2 Å². The van der Waals surface area contributed by atoms with Crippen LogP contribution in [0.5, 0.6) is 11.5 Å². The maximum absolute atomic E-state index is 6.27. The second kappa shape index (κ2) is 7.08. The summed E-state index contributed by atoms with van der Waals surface area (Å²) >= 11 is 1.46. The Morgan fingerprint density at radius 1 is 1.00 bits per heavy atom. The average Bonchev–Trinajstić information content (AvgIpc) is 3.34. The smallest absolute Gasteiger partial charge is 0.165 e. The molecule has 27 heavy (non-hydrogen) atoms. The molecule has 0 unspecified atom stereocenters. The highest BCUT2D eigenvalue weighted by atomic mass is 32.1. The van der Waals surface area contributed by atoms with Crippen molar-refractivity contribution in [3.05, 3.63) is 53.9 Å². The van der Waals surface area contributed by atoms with Gasteiger partial charge in [-0.1, -0.05) is 23.4 Å². The Bertz CT molecular complexity index is 1070. The van der Waals surface area contributed by atoms with E-state index in [4.69, 9.17) is 15.2 Å². The van der Waals surface area contributed by atoms with Gasteiger partial charge in [0.15, 0.2) is 23.0 Å². The van der Waals surface area contributed by atoms with Gasteiger partial charge in [0.1, 0.15) is 5.01 Å². The van der Waals surface area contributed by atoms with Gasteiger partial charge in [0, 0.05) is 10.9 Å². The molecule has 0 atom stereocenters. The predicted octanol–water partition coefficient (Wildman–Crippen LogP) is 3.66. The zero-order chi connectivity index (χ0) is 18.8. The highest BCUT2D eigenvalue weighted by Crippen LogP contribution is 2.35. The molecule has 0 amide bonds. The fraction of sp³-hybridized carbons (Fsp3) is 0.105. The van der Waals surface area contributed by atoms with Crippen molar-refractivity contribution in [2.24, 2.45) is 0 Å². The van der Waals surface area contributed by atoms with E-state index in [1.54, 1.807) is 18.9 Å². The largest absolute Gasteiger partial charge is 0.493 e. The van der Waals surface area contributed by atoms with Crippen LogP contribution in [-0.2, 0) is 0 Å². The van der Waals surface area contributed by atoms with E-state index in [-0.39, 0.29) is 0 Å². The number of aromatic nitrogens is 4. The Morgan fingerprint density at radius 3 is 2.52 bits per heavy atom. The first-order chi connectivity index (χ1) is 13.2. The van der Waals surface area contributed by atoms with E-state index < -0.39 is 0 Å². The summed E-state index contributed by atoms with van der Waals surface area (Å²) in [4.78, 5) is 4.68. The van der Waals surface area contributed by atoms with Crippen molar-refractivity contribution in [1.29, 1.82) is 0 Å². The second-order valence-corrected chi connectivity index (χ2v) is 6.54. The topological polar surface area (TPSA) is 88.1 Å². The van der Waals surface area contributed by atoms with E-state index in [0.717, 1.165) is 16.9 Å². The molecule has 2 aromatic heterocycles. The first kappa shape index (κ1) is 17.0. The molecular weight excluding hydrogens is 362 g/mol. The number of nitrogens with two attached hydrogens (primary N) is 1. The minimum Gasteiger partial charge on any atom is -0.493 e. The van der Waals surface area contributed by atoms with Crippen LogP contribution in [-0.4, -0.2) is 34.2 Å². The maximum atomic E-state index is 6.27. The summed E-state index contributed by atoms with van der Waals surface area (Å²) in [5.41, 5.74) is 9.41. The zero-order valence-electron chi connectivity index (χ0n) is 14.8. The van der Waals surface area contributed by atoms with Crippen LogP contribution in [0.1, 0.15) is 0 Å². The van der Waals surface area contributed by atoms with Gasteiger partial charge in [0.05, 0.1) is 25.6 Å². The number of benzene rings is 2. The third-order valence-electron chi connectivity index (χ3n) is 4.09. The van der Waals surface area contributed by atoms with Crippen LogP contribution in [0, 0.1) is 0 Å². The number of hydrogen-bond donors (Lipinski definition) is 1. The lowest BCUT2D eigenvalue weighted by atomic mass is 10.1. The summed E-state index contributed by atoms with van der Waals surface area (Å²) in [6.45, 7) is 0. The van der Waals surface area contributed by atoms with E-state index in [1.807, 2.05) is 53.9 Å². The van der Waals surface area contributed by atoms with Gasteiger partial charge in [0.25, 0.3) is 0 Å². The molecule has 2 aromatic carbocycles. The molecule has 8 heteroatoms. The Balaban J connectivity index is 1.69. The summed E-state index contributed by atoms with van der Waals surface area (Å²) in [5.74, 6) is 1.78. The van der Waals surface area contributed by atoms with Gasteiger partial charge in [-0.25, -0.2) is 4.98 Å². The van der Waals surface area contributed by atoms with E-state index in [9.17, 15) is 0 Å². The average molecular weight is 379 g/mol. The minimum atomic E-state index is 0.453. The number of para-hydroxylation sites is 1. The van der Waals surface area contributed by atoms with Gasteiger partial charge in [-0.3, -0.25) is 0 Å². The van der Waals surface area contributed by atoms with Gasteiger partial charge < -0.3 is 15.2 Å². The van der Waals surface area contributed by atoms with Crippen LogP contribution in [0.2, 0.25) is 0 Å². The molecule has 0 spiro atoms. The molecular formula is C19H17N5O2S. The van der Waals surface area contributed by atoms with Crippen LogP contribution in [0.15, 0.2) is 53.9 Å². The second-order valence-electron chi connectivity index (χ2n) is 5.68. The number of hydrogen-bond acceptors (Lipinski definition) is 7. The molecule has 0 bridgehead atoms. The molecule has 2 heterocycles. The van der Waals surface area contributed by atoms with Crippen LogP contribution in [0.4, 0.5) is 5.82 Å². The lowest BCUT2D eigenvalue weighted by Crippen LogP contribution is -2.01. The quantitative estimate of drug-likeness (QED) is 0.569. The van der Waals surface area contributed by atoms with Crippen molar-refractivity contribution in [3.8, 4) is 39.1 Å². The summed E-state index contributed by atoms with van der Waals surface area (Å²) in [6, 6.07) is 15.3. The number of rotatable bonds is 5. The molecule has 0 aliphatic carbocycles. The molecule has 2 N–H and O–H groups in total. The van der Waals surface area contributed by atoms with Gasteiger partial charge in [0.2, 0.25) is 0 Å². The van der Waals surface area contributed by atoms with E-state index in [0.29, 0.717) is 28.0 Å². The van der Waals surface area contributed by atoms with Crippen molar-refractivity contribution in [1.82, 2.24) is 20.0 Å². The van der Waals surface area contributed by atoms with Crippen molar-refractivity contribution in [2.45, 2.75) is 0 Å². The van der Waals surface area contributed by atoms with Gasteiger partial charge in [-0.15, -0.1) is 16.4 Å². The first-order valence-corrected chi connectivity index (χ1v) is 9.04. The lowest BCUT2D eigenvalue weighted by molar-refractivity contribution is 0.355. The van der Waals surface area contributed by atoms with Gasteiger partial charge in [-0.05, 0) is 30.3 Å². The number of anilines is 1. The molecule has 0 radical (unpaired) electrons. The number of ether oxygens (including phenoxy) is 2. The molecule has 0 saturated carbocycles. The summed E-state index contributed by atoms with van der Waals surface area (Å²) in [7, 11) is 3.22. The van der Waals surface area contributed by atoms with Crippen LogP contribution in [0.3, 0.4) is 0 Å².